The first-order valence-corrected chi connectivity index (χ1v) is 5.78. The van der Waals surface area contributed by atoms with Crippen molar-refractivity contribution in [3.63, 3.8) is 0 Å². The smallest absolute Gasteiger partial charge is 0.354 e. The van der Waals surface area contributed by atoms with Gasteiger partial charge in [0.05, 0.1) is 13.7 Å². The van der Waals surface area contributed by atoms with E-state index in [-0.39, 0.29) is 67.6 Å². The summed E-state index contributed by atoms with van der Waals surface area (Å²) >= 11 is 1.44. The van der Waals surface area contributed by atoms with Gasteiger partial charge in [-0.3, -0.25) is 9.69 Å². The van der Waals surface area contributed by atoms with E-state index in [1.807, 2.05) is 0 Å². The molecule has 2 rings (SSSR count). The number of rotatable bonds is 2. The molecule has 2 heterocycles. The SMILES string of the molecule is COC(=O)C1=C(CO)CSC2C(N)C(=O)N12.[Ac]. The van der Waals surface area contributed by atoms with Crippen LogP contribution in [-0.4, -0.2) is 52.8 Å². The molecule has 0 spiro atoms. The molecular formula is C9H12AcN2O4S. The third-order valence-electron chi connectivity index (χ3n) is 2.66. The number of nitrogens with zero attached hydrogens (tertiary/aromatic N) is 1. The molecule has 0 bridgehead atoms. The van der Waals surface area contributed by atoms with Crippen LogP contribution in [0.3, 0.4) is 0 Å². The van der Waals surface area contributed by atoms with E-state index in [1.54, 1.807) is 0 Å². The number of aliphatic hydroxyl groups is 1. The second-order valence-electron chi connectivity index (χ2n) is 3.54. The maximum atomic E-state index is 11.6. The zero-order chi connectivity index (χ0) is 11.9. The number of β-lactam (4-membered cyclic amide) rings is 1. The quantitative estimate of drug-likeness (QED) is 0.382. The minimum absolute atomic E-state index is 0. The molecule has 2 aliphatic heterocycles. The van der Waals surface area contributed by atoms with Gasteiger partial charge in [-0.15, -0.1) is 11.8 Å². The zero-order valence-corrected chi connectivity index (χ0v) is 14.8. The van der Waals surface area contributed by atoms with Crippen LogP contribution in [0.4, 0.5) is 0 Å². The molecule has 0 aromatic heterocycles. The van der Waals surface area contributed by atoms with Crippen molar-refractivity contribution in [2.75, 3.05) is 19.5 Å². The van der Waals surface area contributed by atoms with Crippen molar-refractivity contribution in [1.82, 2.24) is 4.90 Å². The summed E-state index contributed by atoms with van der Waals surface area (Å²) < 4.78 is 4.61. The van der Waals surface area contributed by atoms with Crippen LogP contribution in [0.25, 0.3) is 0 Å². The molecule has 0 aromatic carbocycles. The Morgan fingerprint density at radius 2 is 2.35 bits per heavy atom. The predicted molar refractivity (Wildman–Crippen MR) is 57.2 cm³/mol. The van der Waals surface area contributed by atoms with Gasteiger partial charge in [0.2, 0.25) is 5.91 Å². The number of aliphatic hydroxyl groups excluding tert-OH is 1. The van der Waals surface area contributed by atoms with Crippen LogP contribution in [0.15, 0.2) is 11.3 Å². The average Bonchev–Trinajstić information content (AvgIpc) is 2.34. The molecule has 2 aliphatic rings. The van der Waals surface area contributed by atoms with E-state index in [4.69, 9.17) is 10.8 Å². The summed E-state index contributed by atoms with van der Waals surface area (Å²) in [5, 5.41) is 8.93. The predicted octanol–water partition coefficient (Wildman–Crippen LogP) is -1.35. The topological polar surface area (TPSA) is 92.9 Å². The van der Waals surface area contributed by atoms with Crippen molar-refractivity contribution in [3.05, 3.63) is 11.3 Å². The van der Waals surface area contributed by atoms with Crippen molar-refractivity contribution in [3.8, 4) is 0 Å². The summed E-state index contributed by atoms with van der Waals surface area (Å²) in [6, 6.07) is -0.565. The zero-order valence-electron chi connectivity index (χ0n) is 9.25. The Labute approximate surface area is 138 Å². The number of ether oxygens (including phenoxy) is 1. The standard InChI is InChI=1S/C9H12N2O4S.Ac/c1-15-9(14)6-4(2-12)3-16-8-5(10)7(13)11(6)8;/h5,8,12H,2-3,10H2,1H3;. The third kappa shape index (κ3) is 2.43. The van der Waals surface area contributed by atoms with E-state index in [9.17, 15) is 9.59 Å². The summed E-state index contributed by atoms with van der Waals surface area (Å²) in [4.78, 5) is 24.4. The second kappa shape index (κ2) is 6.02. The number of thioether (sulfide) groups is 1. The van der Waals surface area contributed by atoms with E-state index in [1.165, 1.54) is 23.8 Å². The molecule has 1 saturated heterocycles. The minimum Gasteiger partial charge on any atom is -0.464 e. The van der Waals surface area contributed by atoms with E-state index in [0.717, 1.165) is 0 Å². The fraction of sp³-hybridized carbons (Fsp3) is 0.556. The molecule has 8 heteroatoms. The van der Waals surface area contributed by atoms with E-state index < -0.39 is 12.0 Å². The van der Waals surface area contributed by atoms with Crippen molar-refractivity contribution < 1.29 is 63.5 Å². The van der Waals surface area contributed by atoms with Gasteiger partial charge in [0.1, 0.15) is 17.1 Å². The van der Waals surface area contributed by atoms with Crippen LogP contribution in [-0.2, 0) is 14.3 Å². The maximum absolute atomic E-state index is 11.6. The fourth-order valence-corrected chi connectivity index (χ4v) is 3.07. The molecule has 0 aromatic rings. The number of hydrogen-bond acceptors (Lipinski definition) is 6. The minimum atomic E-state index is -0.602. The maximum Gasteiger partial charge on any atom is 0.354 e. The Morgan fingerprint density at radius 3 is 2.88 bits per heavy atom. The number of hydrogen-bond donors (Lipinski definition) is 2. The average molecular weight is 471 g/mol. The molecule has 0 saturated carbocycles. The first-order chi connectivity index (χ1) is 7.61. The molecule has 1 radical (unpaired) electrons. The van der Waals surface area contributed by atoms with Gasteiger partial charge >= 0.3 is 5.97 Å². The van der Waals surface area contributed by atoms with Gasteiger partial charge < -0.3 is 15.6 Å². The van der Waals surface area contributed by atoms with Crippen molar-refractivity contribution >= 4 is 23.6 Å². The summed E-state index contributed by atoms with van der Waals surface area (Å²) in [6.07, 6.45) is 0. The third-order valence-corrected chi connectivity index (χ3v) is 4.02. The van der Waals surface area contributed by atoms with Crippen LogP contribution in [0.5, 0.6) is 0 Å². The molecular weight excluding hydrogens is 459 g/mol. The van der Waals surface area contributed by atoms with Gasteiger partial charge in [-0.25, -0.2) is 4.79 Å². The van der Waals surface area contributed by atoms with Gasteiger partial charge in [0, 0.05) is 49.8 Å². The normalized spacial score (nSPS) is 27.0. The number of carbonyl (C=O) groups is 2. The summed E-state index contributed by atoms with van der Waals surface area (Å²) in [5.74, 6) is -0.415. The fourth-order valence-electron chi connectivity index (χ4n) is 1.79. The first kappa shape index (κ1) is 15.4. The van der Waals surface area contributed by atoms with Crippen LogP contribution >= 0.6 is 11.8 Å². The number of fused-ring (bicyclic) bond motifs is 1. The van der Waals surface area contributed by atoms with Crippen molar-refractivity contribution in [2.24, 2.45) is 5.73 Å². The molecule has 3 N–H and O–H groups in total. The Kier molecular flexibility index (Phi) is 5.47. The van der Waals surface area contributed by atoms with Crippen LogP contribution < -0.4 is 5.73 Å². The Bertz CT molecular complexity index is 387. The molecule has 1 fully saturated rings. The second-order valence-corrected chi connectivity index (χ2v) is 4.64. The number of amides is 1. The number of esters is 1. The van der Waals surface area contributed by atoms with Gasteiger partial charge in [-0.1, -0.05) is 0 Å². The largest absolute Gasteiger partial charge is 0.464 e. The monoisotopic (exact) mass is 471 g/mol. The number of carbonyl (C=O) groups excluding carboxylic acids is 2. The van der Waals surface area contributed by atoms with E-state index in [0.29, 0.717) is 11.3 Å². The van der Waals surface area contributed by atoms with Gasteiger partial charge in [0.15, 0.2) is 0 Å². The Hall–Kier alpha value is 0.392. The van der Waals surface area contributed by atoms with Crippen LogP contribution in [0.1, 0.15) is 0 Å². The van der Waals surface area contributed by atoms with Crippen molar-refractivity contribution in [1.29, 1.82) is 0 Å². The van der Waals surface area contributed by atoms with Gasteiger partial charge in [-0.2, -0.15) is 0 Å². The molecule has 17 heavy (non-hydrogen) atoms. The molecule has 0 aliphatic carbocycles. The summed E-state index contributed by atoms with van der Waals surface area (Å²) in [6.45, 7) is -0.261. The molecule has 91 valence electrons. The molecule has 6 nitrogen and oxygen atoms in total. The molecule has 1 amide bonds. The first-order valence-electron chi connectivity index (χ1n) is 4.73. The Balaban J connectivity index is 0.00000144. The van der Waals surface area contributed by atoms with E-state index >= 15 is 0 Å². The van der Waals surface area contributed by atoms with E-state index in [2.05, 4.69) is 4.74 Å². The van der Waals surface area contributed by atoms with Gasteiger partial charge in [-0.05, 0) is 5.57 Å². The Morgan fingerprint density at radius 1 is 1.71 bits per heavy atom. The van der Waals surface area contributed by atoms with Gasteiger partial charge in [0.25, 0.3) is 0 Å². The van der Waals surface area contributed by atoms with Crippen LogP contribution in [0.2, 0.25) is 0 Å². The summed E-state index contributed by atoms with van der Waals surface area (Å²) in [5.41, 5.74) is 6.28. The molecule has 2 atom stereocenters. The number of nitrogens with two attached hydrogens (primary N) is 1. The van der Waals surface area contributed by atoms with Crippen molar-refractivity contribution in [2.45, 2.75) is 11.4 Å². The molecule has 2 unspecified atom stereocenters. The van der Waals surface area contributed by atoms with Crippen LogP contribution in [0, 0.1) is 44.1 Å². The summed E-state index contributed by atoms with van der Waals surface area (Å²) in [7, 11) is 1.24. The number of methoxy groups -OCH3 is 1.